The maximum absolute atomic E-state index is 15.4. The fraction of sp³-hybridized carbons (Fsp3) is 0.222. The molecule has 0 aliphatic carbocycles. The van der Waals surface area contributed by atoms with Crippen LogP contribution in [0.25, 0.3) is 28.2 Å². The number of nitrogens with zero attached hydrogens (tertiary/aromatic N) is 2. The SMILES string of the molecule is CCS(=O)(=O)c1cccc(-c2ccc(-n3cc(C(C)(C)O)nc3-c3ccccc3C(F)(F)F)cc2F)c1. The van der Waals surface area contributed by atoms with Crippen molar-refractivity contribution in [3.8, 4) is 28.2 Å². The second-order valence-corrected chi connectivity index (χ2v) is 11.3. The van der Waals surface area contributed by atoms with Crippen LogP contribution in [0.1, 0.15) is 32.0 Å². The molecule has 0 saturated carbocycles. The minimum Gasteiger partial charge on any atom is -0.384 e. The van der Waals surface area contributed by atoms with E-state index in [-0.39, 0.29) is 39.0 Å². The van der Waals surface area contributed by atoms with Crippen molar-refractivity contribution in [3.63, 3.8) is 0 Å². The van der Waals surface area contributed by atoms with Crippen LogP contribution in [0.15, 0.2) is 77.8 Å². The predicted molar refractivity (Wildman–Crippen MR) is 132 cm³/mol. The summed E-state index contributed by atoms with van der Waals surface area (Å²) in [6, 6.07) is 14.8. The van der Waals surface area contributed by atoms with Crippen LogP contribution in [0.3, 0.4) is 0 Å². The number of benzene rings is 3. The summed E-state index contributed by atoms with van der Waals surface area (Å²) in [7, 11) is -3.51. The first-order valence-electron chi connectivity index (χ1n) is 11.3. The molecule has 1 N–H and O–H groups in total. The Morgan fingerprint density at radius 3 is 2.27 bits per heavy atom. The zero-order chi connectivity index (χ0) is 27.2. The van der Waals surface area contributed by atoms with Gasteiger partial charge in [-0.1, -0.05) is 37.3 Å². The average molecular weight is 533 g/mol. The van der Waals surface area contributed by atoms with Crippen molar-refractivity contribution >= 4 is 9.84 Å². The third kappa shape index (κ3) is 5.30. The molecular formula is C27H24F4N2O3S. The van der Waals surface area contributed by atoms with Gasteiger partial charge < -0.3 is 5.11 Å². The standard InChI is InChI=1S/C27H24F4N2O3S/c1-4-37(35,36)19-9-7-8-17(14-19)20-13-12-18(15-23(20)28)33-16-24(26(2,3)34)32-25(33)21-10-5-6-11-22(21)27(29,30)31/h5-16,34H,4H2,1-3H3. The third-order valence-electron chi connectivity index (χ3n) is 5.92. The molecule has 5 nitrogen and oxygen atoms in total. The van der Waals surface area contributed by atoms with E-state index < -0.39 is 33.0 Å². The van der Waals surface area contributed by atoms with Gasteiger partial charge in [0.1, 0.15) is 17.2 Å². The van der Waals surface area contributed by atoms with Gasteiger partial charge in [0.25, 0.3) is 0 Å². The highest BCUT2D eigenvalue weighted by Crippen LogP contribution is 2.38. The lowest BCUT2D eigenvalue weighted by Crippen LogP contribution is -2.15. The molecular weight excluding hydrogens is 508 g/mol. The van der Waals surface area contributed by atoms with Gasteiger partial charge in [-0.05, 0) is 55.8 Å². The second kappa shape index (κ2) is 9.42. The summed E-state index contributed by atoms with van der Waals surface area (Å²) >= 11 is 0. The van der Waals surface area contributed by atoms with Gasteiger partial charge >= 0.3 is 6.18 Å². The van der Waals surface area contributed by atoms with E-state index in [4.69, 9.17) is 0 Å². The normalized spacial score (nSPS) is 12.6. The zero-order valence-electron chi connectivity index (χ0n) is 20.2. The molecule has 0 spiro atoms. The number of hydrogen-bond acceptors (Lipinski definition) is 4. The molecule has 0 fully saturated rings. The van der Waals surface area contributed by atoms with Crippen LogP contribution in [0.4, 0.5) is 17.6 Å². The van der Waals surface area contributed by atoms with Gasteiger partial charge in [0, 0.05) is 17.3 Å². The Labute approximate surface area is 212 Å². The molecule has 10 heteroatoms. The maximum atomic E-state index is 15.4. The predicted octanol–water partition coefficient (Wildman–Crippen LogP) is 6.39. The van der Waals surface area contributed by atoms with Crippen LogP contribution in [-0.4, -0.2) is 28.8 Å². The Hall–Kier alpha value is -3.50. The molecule has 0 amide bonds. The molecule has 0 bridgehead atoms. The van der Waals surface area contributed by atoms with E-state index in [0.29, 0.717) is 5.56 Å². The molecule has 0 unspecified atom stereocenters. The number of aromatic nitrogens is 2. The lowest BCUT2D eigenvalue weighted by atomic mass is 10.0. The summed E-state index contributed by atoms with van der Waals surface area (Å²) < 4.78 is 82.5. The van der Waals surface area contributed by atoms with E-state index in [9.17, 15) is 26.7 Å². The Bertz CT molecular complexity index is 1570. The first-order chi connectivity index (χ1) is 17.2. The topological polar surface area (TPSA) is 72.2 Å². The lowest BCUT2D eigenvalue weighted by Gasteiger charge is -2.15. The highest BCUT2D eigenvalue weighted by molar-refractivity contribution is 7.91. The van der Waals surface area contributed by atoms with Crippen molar-refractivity contribution in [2.24, 2.45) is 0 Å². The summed E-state index contributed by atoms with van der Waals surface area (Å²) in [5.41, 5.74) is -1.89. The van der Waals surface area contributed by atoms with Gasteiger partial charge in [0.2, 0.25) is 0 Å². The number of aliphatic hydroxyl groups is 1. The van der Waals surface area contributed by atoms with Crippen molar-refractivity contribution in [2.45, 2.75) is 37.4 Å². The zero-order valence-corrected chi connectivity index (χ0v) is 21.0. The fourth-order valence-electron chi connectivity index (χ4n) is 3.90. The summed E-state index contributed by atoms with van der Waals surface area (Å²) in [5, 5.41) is 10.5. The molecule has 4 aromatic rings. The molecule has 3 aromatic carbocycles. The van der Waals surface area contributed by atoms with Crippen LogP contribution in [-0.2, 0) is 21.6 Å². The van der Waals surface area contributed by atoms with Crippen LogP contribution < -0.4 is 0 Å². The Kier molecular flexibility index (Phi) is 6.76. The molecule has 37 heavy (non-hydrogen) atoms. The largest absolute Gasteiger partial charge is 0.417 e. The number of rotatable bonds is 6. The molecule has 4 rings (SSSR count). The molecule has 0 saturated heterocycles. The van der Waals surface area contributed by atoms with Crippen molar-refractivity contribution in [3.05, 3.63) is 90.0 Å². The Morgan fingerprint density at radius 2 is 1.65 bits per heavy atom. The van der Waals surface area contributed by atoms with E-state index in [1.165, 1.54) is 80.1 Å². The minimum absolute atomic E-state index is 0.0615. The van der Waals surface area contributed by atoms with Crippen LogP contribution in [0.2, 0.25) is 0 Å². The number of imidazole rings is 1. The van der Waals surface area contributed by atoms with Gasteiger partial charge in [-0.3, -0.25) is 4.57 Å². The summed E-state index contributed by atoms with van der Waals surface area (Å²) in [6.07, 6.45) is -3.30. The summed E-state index contributed by atoms with van der Waals surface area (Å²) in [6.45, 7) is 4.40. The quantitative estimate of drug-likeness (QED) is 0.292. The number of hydrogen-bond donors (Lipinski definition) is 1. The minimum atomic E-state index is -4.67. The van der Waals surface area contributed by atoms with Crippen molar-refractivity contribution in [2.75, 3.05) is 5.75 Å². The summed E-state index contributed by atoms with van der Waals surface area (Å²) in [4.78, 5) is 4.35. The van der Waals surface area contributed by atoms with Gasteiger partial charge in [-0.2, -0.15) is 13.2 Å². The molecule has 194 valence electrons. The van der Waals surface area contributed by atoms with Crippen molar-refractivity contribution in [1.82, 2.24) is 9.55 Å². The highest BCUT2D eigenvalue weighted by Gasteiger charge is 2.35. The van der Waals surface area contributed by atoms with Gasteiger partial charge in [-0.25, -0.2) is 17.8 Å². The van der Waals surface area contributed by atoms with E-state index in [1.807, 2.05) is 0 Å². The molecule has 0 atom stereocenters. The van der Waals surface area contributed by atoms with Crippen molar-refractivity contribution < 1.29 is 31.1 Å². The fourth-order valence-corrected chi connectivity index (χ4v) is 4.82. The number of sulfone groups is 1. The monoisotopic (exact) mass is 532 g/mol. The van der Waals surface area contributed by atoms with Gasteiger partial charge in [-0.15, -0.1) is 0 Å². The molecule has 1 aromatic heterocycles. The van der Waals surface area contributed by atoms with E-state index in [2.05, 4.69) is 4.98 Å². The van der Waals surface area contributed by atoms with E-state index >= 15 is 4.39 Å². The van der Waals surface area contributed by atoms with Gasteiger partial charge in [0.05, 0.1) is 27.6 Å². The maximum Gasteiger partial charge on any atom is 0.417 e. The lowest BCUT2D eigenvalue weighted by molar-refractivity contribution is -0.137. The first-order valence-corrected chi connectivity index (χ1v) is 13.0. The molecule has 0 aliphatic rings. The summed E-state index contributed by atoms with van der Waals surface area (Å²) in [5.74, 6) is -0.935. The van der Waals surface area contributed by atoms with Crippen LogP contribution >= 0.6 is 0 Å². The van der Waals surface area contributed by atoms with Crippen LogP contribution in [0, 0.1) is 5.82 Å². The first kappa shape index (κ1) is 26.6. The van der Waals surface area contributed by atoms with Gasteiger partial charge in [0.15, 0.2) is 9.84 Å². The highest BCUT2D eigenvalue weighted by atomic mass is 32.2. The van der Waals surface area contributed by atoms with E-state index in [1.54, 1.807) is 6.07 Å². The smallest absolute Gasteiger partial charge is 0.384 e. The van der Waals surface area contributed by atoms with E-state index in [0.717, 1.165) is 12.1 Å². The number of alkyl halides is 3. The Morgan fingerprint density at radius 1 is 0.946 bits per heavy atom. The molecule has 0 aliphatic heterocycles. The second-order valence-electron chi connectivity index (χ2n) is 9.02. The van der Waals surface area contributed by atoms with Crippen molar-refractivity contribution in [1.29, 1.82) is 0 Å². The number of halogens is 4. The average Bonchev–Trinajstić information content (AvgIpc) is 3.30. The molecule has 1 heterocycles. The Balaban J connectivity index is 1.88. The molecule has 0 radical (unpaired) electrons. The van der Waals surface area contributed by atoms with Crippen LogP contribution in [0.5, 0.6) is 0 Å². The third-order valence-corrected chi connectivity index (χ3v) is 7.65.